The normalized spacial score (nSPS) is 11.9. The van der Waals surface area contributed by atoms with Crippen LogP contribution in [0.1, 0.15) is 67.7 Å². The molecule has 3 aliphatic heterocycles. The molecule has 21 heteroatoms. The molecule has 8 heterocycles. The van der Waals surface area contributed by atoms with Gasteiger partial charge in [-0.2, -0.15) is 15.8 Å². The summed E-state index contributed by atoms with van der Waals surface area (Å²) in [6.07, 6.45) is 9.49. The second kappa shape index (κ2) is 27.8. The Morgan fingerprint density at radius 2 is 0.948 bits per heavy atom. The Bertz CT molecular complexity index is 5270. The fourth-order valence-corrected chi connectivity index (χ4v) is 11.9. The molecule has 3 aliphatic rings. The maximum absolute atomic E-state index is 11.9. The lowest BCUT2D eigenvalue weighted by Gasteiger charge is -2.09. The fourth-order valence-electron chi connectivity index (χ4n) is 11.9. The van der Waals surface area contributed by atoms with Crippen LogP contribution in [-0.2, 0) is 13.1 Å². The van der Waals surface area contributed by atoms with Gasteiger partial charge in [-0.25, -0.2) is 0 Å². The molecule has 13 aromatic rings. The number of aryl methyl sites for hydroxylation is 2. The number of non-ortho nitro benzene ring substituents is 1. The fraction of sp³-hybridized carbons (Fsp3) is 0.184. The quantitative estimate of drug-likeness (QED) is 0.0664. The van der Waals surface area contributed by atoms with E-state index >= 15 is 0 Å². The van der Waals surface area contributed by atoms with Crippen LogP contribution in [0.25, 0.3) is 77.0 Å². The molecule has 0 radical (unpaired) electrons. The number of nitrogens with zero attached hydrogens (tertiary/aromatic N) is 9. The Morgan fingerprint density at radius 1 is 0.495 bits per heavy atom. The number of carbonyl (C=O) groups is 1. The number of rotatable bonds is 11. The van der Waals surface area contributed by atoms with Crippen molar-refractivity contribution in [1.29, 1.82) is 15.8 Å². The van der Waals surface area contributed by atoms with Crippen LogP contribution in [0.3, 0.4) is 0 Å². The highest BCUT2D eigenvalue weighted by Gasteiger charge is 2.23. The molecule has 0 fully saturated rings. The number of ketones is 1. The topological polar surface area (TPSA) is 239 Å². The summed E-state index contributed by atoms with van der Waals surface area (Å²) >= 11 is 0. The predicted molar refractivity (Wildman–Crippen MR) is 368 cm³/mol. The number of aromatic nitrogens is 5. The van der Waals surface area contributed by atoms with Crippen molar-refractivity contribution >= 4 is 66.0 Å². The van der Waals surface area contributed by atoms with E-state index in [4.69, 9.17) is 53.2 Å². The van der Waals surface area contributed by atoms with E-state index in [0.717, 1.165) is 130 Å². The Balaban J connectivity index is 0.000000116. The predicted octanol–water partition coefficient (Wildman–Crippen LogP) is 16.4. The third kappa shape index (κ3) is 12.8. The van der Waals surface area contributed by atoms with Gasteiger partial charge < -0.3 is 65.5 Å². The molecule has 0 N–H and O–H groups in total. The van der Waals surface area contributed by atoms with Gasteiger partial charge in [0, 0.05) is 135 Å². The van der Waals surface area contributed by atoms with Crippen LogP contribution >= 0.6 is 0 Å². The van der Waals surface area contributed by atoms with Crippen LogP contribution < -0.4 is 42.6 Å². The van der Waals surface area contributed by atoms with Crippen LogP contribution in [0.5, 0.6) is 51.7 Å². The van der Waals surface area contributed by atoms with E-state index in [2.05, 4.69) is 54.3 Å². The van der Waals surface area contributed by atoms with Gasteiger partial charge in [0.25, 0.3) is 5.69 Å². The minimum absolute atomic E-state index is 0.0329. The SMILES string of the molecule is CC(C)n1cc(C#N)c2cc3c(cc21)OCO3.CCn1cc(-c2ccccc2)c2cc([N+](=O)[O-])ccc21.CCn1cc(C#N)c2cc3c(cc21)OCO3.COc1ccc(-n2cc(C#N)c3cc4c(cc32)OCO4)cc1.COc1ccc(-n2cc(C(C)=O)c3cc(OC)ccc32)cc1. The van der Waals surface area contributed by atoms with Crippen molar-refractivity contribution in [2.24, 2.45) is 0 Å². The number of hydrogen-bond donors (Lipinski definition) is 0. The molecule has 0 amide bonds. The number of ether oxygens (including phenoxy) is 9. The zero-order chi connectivity index (χ0) is 68.0. The first-order valence-corrected chi connectivity index (χ1v) is 31.0. The van der Waals surface area contributed by atoms with Gasteiger partial charge >= 0.3 is 0 Å². The van der Waals surface area contributed by atoms with Crippen LogP contribution in [0.15, 0.2) is 183 Å². The summed E-state index contributed by atoms with van der Waals surface area (Å²) in [5, 5.41) is 43.1. The van der Waals surface area contributed by atoms with Crippen molar-refractivity contribution in [3.05, 3.63) is 215 Å². The second-order valence-corrected chi connectivity index (χ2v) is 22.7. The maximum Gasteiger partial charge on any atom is 0.270 e. The molecule has 0 aliphatic carbocycles. The van der Waals surface area contributed by atoms with Gasteiger partial charge in [-0.05, 0) is 131 Å². The van der Waals surface area contributed by atoms with E-state index in [0.29, 0.717) is 39.8 Å². The molecular formula is C76H65N9O12. The third-order valence-corrected chi connectivity index (χ3v) is 16.9. The monoisotopic (exact) mass is 1300 g/mol. The van der Waals surface area contributed by atoms with E-state index < -0.39 is 0 Å². The summed E-state index contributed by atoms with van der Waals surface area (Å²) < 4.78 is 58.0. The van der Waals surface area contributed by atoms with Gasteiger partial charge in [0.15, 0.2) is 40.3 Å². The number of nitriles is 3. The number of Topliss-reactive ketones (excluding diaryl/α,β-unsaturated/α-hetero) is 1. The Kier molecular flexibility index (Phi) is 18.4. The molecule has 0 unspecified atom stereocenters. The molecule has 486 valence electrons. The molecule has 5 aromatic heterocycles. The molecule has 97 heavy (non-hydrogen) atoms. The number of hydrogen-bond acceptors (Lipinski definition) is 15. The largest absolute Gasteiger partial charge is 0.497 e. The highest BCUT2D eigenvalue weighted by atomic mass is 16.7. The van der Waals surface area contributed by atoms with Gasteiger partial charge in [-0.1, -0.05) is 30.3 Å². The molecule has 0 saturated heterocycles. The number of fused-ring (bicyclic) bond motifs is 8. The zero-order valence-corrected chi connectivity index (χ0v) is 54.4. The molecular weight excluding hydrogens is 1230 g/mol. The van der Waals surface area contributed by atoms with Crippen LogP contribution in [0.4, 0.5) is 5.69 Å². The Labute approximate surface area is 557 Å². The van der Waals surface area contributed by atoms with Gasteiger partial charge in [0.2, 0.25) is 20.4 Å². The highest BCUT2D eigenvalue weighted by molar-refractivity contribution is 6.08. The second-order valence-electron chi connectivity index (χ2n) is 22.7. The van der Waals surface area contributed by atoms with Crippen LogP contribution in [-0.4, -0.2) is 75.3 Å². The standard InChI is InChI=1S/C18H17NO3.C17H12N2O3.C16H14N2O2.C13H12N2O2.C12H10N2O2/c1-12(20)17-11-19(13-4-6-14(21-2)7-5-13)18-9-8-15(22-3)10-16(17)18;1-20-13-4-2-12(3-5-13)19-9-11(8-18)14-6-16-17(7-15(14)19)22-10-21-16;1-2-17-11-15(12-6-4-3-5-7-12)14-10-13(18(19)20)8-9-16(14)17;1-8(2)15-6-9(5-14)10-3-12-13(4-11(10)15)17-7-16-12;1-2-14-6-8(5-13)9-3-11-12(4-10(9)14)16-7-15-11/h4-11H,1-3H3;2-7,9H,10H2,1H3;3-11H,2H2,1H3;3-4,6,8H,7H2,1-2H3;3-4,6H,2,7H2,1H3. The first kappa shape index (κ1) is 64.3. The van der Waals surface area contributed by atoms with E-state index in [9.17, 15) is 20.2 Å². The van der Waals surface area contributed by atoms with Gasteiger partial charge in [-0.3, -0.25) is 14.9 Å². The van der Waals surface area contributed by atoms with Crippen molar-refractivity contribution in [2.75, 3.05) is 41.7 Å². The molecule has 0 spiro atoms. The summed E-state index contributed by atoms with van der Waals surface area (Å²) in [7, 11) is 4.89. The Hall–Kier alpha value is -12.8. The minimum Gasteiger partial charge on any atom is -0.497 e. The van der Waals surface area contributed by atoms with E-state index in [1.807, 2.05) is 185 Å². The lowest BCUT2D eigenvalue weighted by Crippen LogP contribution is -1.97. The van der Waals surface area contributed by atoms with Crippen molar-refractivity contribution in [2.45, 2.75) is 53.8 Å². The van der Waals surface area contributed by atoms with E-state index in [-0.39, 0.29) is 36.8 Å². The van der Waals surface area contributed by atoms with Crippen molar-refractivity contribution in [1.82, 2.24) is 22.8 Å². The third-order valence-electron chi connectivity index (χ3n) is 16.9. The molecule has 0 atom stereocenters. The number of nitro groups is 1. The molecule has 0 saturated carbocycles. The number of benzene rings is 8. The van der Waals surface area contributed by atoms with Gasteiger partial charge in [0.1, 0.15) is 35.5 Å². The number of carbonyl (C=O) groups excluding carboxylic acids is 1. The molecule has 21 nitrogen and oxygen atoms in total. The van der Waals surface area contributed by atoms with Gasteiger partial charge in [0.05, 0.1) is 65.0 Å². The summed E-state index contributed by atoms with van der Waals surface area (Å²) in [5.74, 6) is 6.68. The first-order chi connectivity index (χ1) is 47.2. The number of nitro benzene ring substituents is 1. The number of methoxy groups -OCH3 is 3. The Morgan fingerprint density at radius 3 is 1.45 bits per heavy atom. The maximum atomic E-state index is 11.9. The summed E-state index contributed by atoms with van der Waals surface area (Å²) in [6, 6.07) is 54.5. The summed E-state index contributed by atoms with van der Waals surface area (Å²) in [6.45, 7) is 12.3. The summed E-state index contributed by atoms with van der Waals surface area (Å²) in [4.78, 5) is 22.5. The minimum atomic E-state index is -0.350. The summed E-state index contributed by atoms with van der Waals surface area (Å²) in [5.41, 5.74) is 11.7. The molecule has 8 aromatic carbocycles. The molecule has 0 bridgehead atoms. The average Bonchev–Trinajstić information content (AvgIpc) is 1.67. The lowest BCUT2D eigenvalue weighted by molar-refractivity contribution is -0.384. The van der Waals surface area contributed by atoms with Crippen molar-refractivity contribution < 1.29 is 52.3 Å². The highest BCUT2D eigenvalue weighted by Crippen LogP contribution is 2.42. The zero-order valence-electron chi connectivity index (χ0n) is 54.4. The molecule has 16 rings (SSSR count). The lowest BCUT2D eigenvalue weighted by atomic mass is 10.0. The van der Waals surface area contributed by atoms with Crippen LogP contribution in [0, 0.1) is 44.1 Å². The average molecular weight is 1300 g/mol. The van der Waals surface area contributed by atoms with Gasteiger partial charge in [-0.15, -0.1) is 0 Å². The first-order valence-electron chi connectivity index (χ1n) is 31.0. The van der Waals surface area contributed by atoms with Crippen molar-refractivity contribution in [3.63, 3.8) is 0 Å². The smallest absolute Gasteiger partial charge is 0.270 e. The van der Waals surface area contributed by atoms with E-state index in [1.165, 1.54) is 0 Å². The van der Waals surface area contributed by atoms with E-state index in [1.54, 1.807) is 40.4 Å². The van der Waals surface area contributed by atoms with Crippen LogP contribution in [0.2, 0.25) is 0 Å². The van der Waals surface area contributed by atoms with Crippen molar-refractivity contribution in [3.8, 4) is 92.5 Å².